The van der Waals surface area contributed by atoms with Crippen LogP contribution in [-0.4, -0.2) is 39.1 Å². The van der Waals surface area contributed by atoms with Gasteiger partial charge in [0, 0.05) is 19.8 Å². The van der Waals surface area contributed by atoms with Gasteiger partial charge in [-0.2, -0.15) is 0 Å². The summed E-state index contributed by atoms with van der Waals surface area (Å²) in [6.45, 7) is 2.45. The van der Waals surface area contributed by atoms with E-state index in [0.717, 1.165) is 18.2 Å². The Kier molecular flexibility index (Phi) is 6.20. The Morgan fingerprint density at radius 1 is 1.08 bits per heavy atom. The molecule has 0 aliphatic heterocycles. The highest BCUT2D eigenvalue weighted by atomic mass is 32.2. The Labute approximate surface area is 149 Å². The van der Waals surface area contributed by atoms with Gasteiger partial charge in [0.2, 0.25) is 0 Å². The number of amides is 1. The summed E-state index contributed by atoms with van der Waals surface area (Å²) in [5, 5.41) is 0. The molecular formula is C19H23NO4S. The predicted octanol–water partition coefficient (Wildman–Crippen LogP) is 2.69. The number of carbonyl (C=O) groups is 1. The van der Waals surface area contributed by atoms with E-state index in [0.29, 0.717) is 12.3 Å². The van der Waals surface area contributed by atoms with Crippen molar-refractivity contribution in [3.05, 3.63) is 59.7 Å². The predicted molar refractivity (Wildman–Crippen MR) is 97.3 cm³/mol. The fourth-order valence-corrected chi connectivity index (χ4v) is 2.95. The number of carbonyl (C=O) groups excluding carboxylic acids is 1. The van der Waals surface area contributed by atoms with Gasteiger partial charge in [-0.1, -0.05) is 37.3 Å². The average Bonchev–Trinajstić information content (AvgIpc) is 2.59. The van der Waals surface area contributed by atoms with Crippen LogP contribution in [0, 0.1) is 0 Å². The van der Waals surface area contributed by atoms with Crippen LogP contribution in [-0.2, 0) is 27.6 Å². The third-order valence-electron chi connectivity index (χ3n) is 3.87. The van der Waals surface area contributed by atoms with Crippen LogP contribution in [0.4, 0.5) is 0 Å². The summed E-state index contributed by atoms with van der Waals surface area (Å²) < 4.78 is 28.5. The molecule has 0 fully saturated rings. The van der Waals surface area contributed by atoms with Crippen molar-refractivity contribution in [1.29, 1.82) is 0 Å². The second-order valence-electron chi connectivity index (χ2n) is 5.96. The molecule has 25 heavy (non-hydrogen) atoms. The van der Waals surface area contributed by atoms with Crippen molar-refractivity contribution in [3.63, 3.8) is 0 Å². The topological polar surface area (TPSA) is 63.7 Å². The zero-order valence-electron chi connectivity index (χ0n) is 14.7. The Morgan fingerprint density at radius 2 is 1.72 bits per heavy atom. The number of aryl methyl sites for hydroxylation is 1. The Morgan fingerprint density at radius 3 is 2.32 bits per heavy atom. The molecule has 0 saturated heterocycles. The fourth-order valence-electron chi connectivity index (χ4n) is 2.29. The van der Waals surface area contributed by atoms with Crippen molar-refractivity contribution in [2.24, 2.45) is 0 Å². The van der Waals surface area contributed by atoms with E-state index in [1.54, 1.807) is 24.1 Å². The minimum Gasteiger partial charge on any atom is -0.484 e. The second-order valence-corrected chi connectivity index (χ2v) is 7.97. The lowest BCUT2D eigenvalue weighted by Gasteiger charge is -2.18. The van der Waals surface area contributed by atoms with Crippen molar-refractivity contribution in [1.82, 2.24) is 4.90 Å². The number of ether oxygens (including phenoxy) is 1. The molecule has 0 radical (unpaired) electrons. The summed E-state index contributed by atoms with van der Waals surface area (Å²) >= 11 is 0. The van der Waals surface area contributed by atoms with Crippen molar-refractivity contribution in [2.75, 3.05) is 19.9 Å². The van der Waals surface area contributed by atoms with Gasteiger partial charge in [-0.05, 0) is 35.7 Å². The number of sulfone groups is 1. The standard InChI is InChI=1S/C19H23NO4S/c1-4-15-8-10-16(11-9-15)13-20(2)19(21)14-24-17-6-5-7-18(12-17)25(3,22)23/h5-12H,4,13-14H2,1-3H3. The molecule has 0 unspecified atom stereocenters. The maximum atomic E-state index is 12.2. The fraction of sp³-hybridized carbons (Fsp3) is 0.316. The first-order valence-electron chi connectivity index (χ1n) is 8.04. The zero-order valence-corrected chi connectivity index (χ0v) is 15.5. The van der Waals surface area contributed by atoms with E-state index in [-0.39, 0.29) is 17.4 Å². The van der Waals surface area contributed by atoms with Gasteiger partial charge < -0.3 is 9.64 Å². The van der Waals surface area contributed by atoms with Gasteiger partial charge >= 0.3 is 0 Å². The van der Waals surface area contributed by atoms with Gasteiger partial charge in [0.25, 0.3) is 5.91 Å². The van der Waals surface area contributed by atoms with E-state index in [9.17, 15) is 13.2 Å². The third kappa shape index (κ3) is 5.60. The summed E-state index contributed by atoms with van der Waals surface area (Å²) in [6, 6.07) is 14.3. The number of hydrogen-bond donors (Lipinski definition) is 0. The molecule has 0 atom stereocenters. The molecule has 0 N–H and O–H groups in total. The number of nitrogens with zero attached hydrogens (tertiary/aromatic N) is 1. The molecule has 0 saturated carbocycles. The normalized spacial score (nSPS) is 11.2. The van der Waals surface area contributed by atoms with Crippen LogP contribution in [0.1, 0.15) is 18.1 Å². The summed E-state index contributed by atoms with van der Waals surface area (Å²) in [5.41, 5.74) is 2.30. The van der Waals surface area contributed by atoms with E-state index in [1.165, 1.54) is 17.7 Å². The molecule has 2 aromatic rings. The van der Waals surface area contributed by atoms with E-state index in [2.05, 4.69) is 19.1 Å². The lowest BCUT2D eigenvalue weighted by Crippen LogP contribution is -2.30. The van der Waals surface area contributed by atoms with Gasteiger partial charge in [-0.3, -0.25) is 4.79 Å². The Hall–Kier alpha value is -2.34. The van der Waals surface area contributed by atoms with Crippen molar-refractivity contribution < 1.29 is 17.9 Å². The van der Waals surface area contributed by atoms with Gasteiger partial charge in [0.05, 0.1) is 4.90 Å². The summed E-state index contributed by atoms with van der Waals surface area (Å²) in [6.07, 6.45) is 2.12. The lowest BCUT2D eigenvalue weighted by atomic mass is 10.1. The van der Waals surface area contributed by atoms with Crippen molar-refractivity contribution >= 4 is 15.7 Å². The first kappa shape index (κ1) is 19.0. The molecule has 0 spiro atoms. The van der Waals surface area contributed by atoms with Crippen LogP contribution in [0.2, 0.25) is 0 Å². The molecule has 0 aliphatic carbocycles. The molecule has 5 nitrogen and oxygen atoms in total. The smallest absolute Gasteiger partial charge is 0.260 e. The molecule has 6 heteroatoms. The number of benzene rings is 2. The van der Waals surface area contributed by atoms with Crippen LogP contribution >= 0.6 is 0 Å². The summed E-state index contributed by atoms with van der Waals surface area (Å²) in [7, 11) is -1.59. The average molecular weight is 361 g/mol. The number of rotatable bonds is 7. The molecule has 0 bridgehead atoms. The van der Waals surface area contributed by atoms with Gasteiger partial charge in [-0.15, -0.1) is 0 Å². The van der Waals surface area contributed by atoms with Gasteiger partial charge in [0.1, 0.15) is 5.75 Å². The molecule has 2 rings (SSSR count). The number of hydrogen-bond acceptors (Lipinski definition) is 4. The maximum absolute atomic E-state index is 12.2. The Balaban J connectivity index is 1.93. The van der Waals surface area contributed by atoms with Crippen LogP contribution in [0.25, 0.3) is 0 Å². The highest BCUT2D eigenvalue weighted by molar-refractivity contribution is 7.90. The lowest BCUT2D eigenvalue weighted by molar-refractivity contribution is -0.132. The summed E-state index contributed by atoms with van der Waals surface area (Å²) in [5.74, 6) is 0.182. The minimum absolute atomic E-state index is 0.142. The highest BCUT2D eigenvalue weighted by Gasteiger charge is 2.12. The van der Waals surface area contributed by atoms with Crippen LogP contribution in [0.3, 0.4) is 0 Å². The van der Waals surface area contributed by atoms with Crippen molar-refractivity contribution in [2.45, 2.75) is 24.8 Å². The minimum atomic E-state index is -3.30. The summed E-state index contributed by atoms with van der Waals surface area (Å²) in [4.78, 5) is 14.0. The van der Waals surface area contributed by atoms with Crippen molar-refractivity contribution in [3.8, 4) is 5.75 Å². The van der Waals surface area contributed by atoms with Crippen LogP contribution < -0.4 is 4.74 Å². The molecular weight excluding hydrogens is 338 g/mol. The monoisotopic (exact) mass is 361 g/mol. The van der Waals surface area contributed by atoms with Gasteiger partial charge in [-0.25, -0.2) is 8.42 Å². The first-order chi connectivity index (χ1) is 11.8. The molecule has 2 aromatic carbocycles. The van der Waals surface area contributed by atoms with E-state index < -0.39 is 9.84 Å². The third-order valence-corrected chi connectivity index (χ3v) is 4.98. The molecule has 0 aromatic heterocycles. The quantitative estimate of drug-likeness (QED) is 0.761. The zero-order chi connectivity index (χ0) is 18.4. The van der Waals surface area contributed by atoms with Gasteiger partial charge in [0.15, 0.2) is 16.4 Å². The van der Waals surface area contributed by atoms with Crippen LogP contribution in [0.15, 0.2) is 53.4 Å². The molecule has 1 amide bonds. The highest BCUT2D eigenvalue weighted by Crippen LogP contribution is 2.17. The van der Waals surface area contributed by atoms with E-state index in [1.807, 2.05) is 12.1 Å². The van der Waals surface area contributed by atoms with E-state index >= 15 is 0 Å². The SMILES string of the molecule is CCc1ccc(CN(C)C(=O)COc2cccc(S(C)(=O)=O)c2)cc1. The molecule has 0 aliphatic rings. The molecule has 134 valence electrons. The second kappa shape index (κ2) is 8.16. The van der Waals surface area contributed by atoms with E-state index in [4.69, 9.17) is 4.74 Å². The number of likely N-dealkylation sites (N-methyl/N-ethyl adjacent to an activating group) is 1. The maximum Gasteiger partial charge on any atom is 0.260 e. The Bertz CT molecular complexity index is 829. The molecule has 0 heterocycles. The van der Waals surface area contributed by atoms with Crippen LogP contribution in [0.5, 0.6) is 5.75 Å². The first-order valence-corrected chi connectivity index (χ1v) is 9.93. The largest absolute Gasteiger partial charge is 0.484 e.